The molecule has 0 N–H and O–H groups in total. The van der Waals surface area contributed by atoms with Crippen LogP contribution in [0, 0.1) is 18.8 Å². The van der Waals surface area contributed by atoms with Gasteiger partial charge in [-0.25, -0.2) is 14.8 Å². The Kier molecular flexibility index (Phi) is 4.27. The second kappa shape index (κ2) is 6.44. The van der Waals surface area contributed by atoms with Crippen molar-refractivity contribution in [3.05, 3.63) is 40.0 Å². The van der Waals surface area contributed by atoms with Crippen molar-refractivity contribution in [2.75, 3.05) is 24.6 Å². The zero-order valence-electron chi connectivity index (χ0n) is 14.4. The molecule has 0 amide bonds. The quantitative estimate of drug-likeness (QED) is 0.716. The van der Waals surface area contributed by atoms with E-state index in [1.807, 2.05) is 11.5 Å². The monoisotopic (exact) mass is 404 g/mol. The summed E-state index contributed by atoms with van der Waals surface area (Å²) in [6, 6.07) is 2.13. The molecule has 1 saturated heterocycles. The van der Waals surface area contributed by atoms with E-state index in [1.54, 1.807) is 19.4 Å². The Morgan fingerprint density at radius 3 is 2.88 bits per heavy atom. The van der Waals surface area contributed by atoms with Gasteiger partial charge in [0.25, 0.3) is 0 Å². The summed E-state index contributed by atoms with van der Waals surface area (Å²) < 4.78 is 7.89. The zero-order valence-corrected chi connectivity index (χ0v) is 16.0. The van der Waals surface area contributed by atoms with Gasteiger partial charge < -0.3 is 14.2 Å². The lowest BCUT2D eigenvalue weighted by molar-refractivity contribution is 0.0520. The maximum atomic E-state index is 11.7. The molecule has 2 aromatic heterocycles. The van der Waals surface area contributed by atoms with Crippen LogP contribution >= 0.6 is 15.9 Å². The van der Waals surface area contributed by atoms with Gasteiger partial charge in [-0.1, -0.05) is 0 Å². The molecule has 2 fully saturated rings. The SMILES string of the molecule is CCOC(=O)c1cn(Cc2cc(Br)c(N3CC4C[C@H]4C3)nc2C)cn1. The summed E-state index contributed by atoms with van der Waals surface area (Å²) in [5.41, 5.74) is 2.44. The average molecular weight is 405 g/mol. The number of rotatable bonds is 5. The topological polar surface area (TPSA) is 60.2 Å². The van der Waals surface area contributed by atoms with Crippen molar-refractivity contribution >= 4 is 27.7 Å². The third-order valence-corrected chi connectivity index (χ3v) is 5.59. The highest BCUT2D eigenvalue weighted by Crippen LogP contribution is 2.47. The lowest BCUT2D eigenvalue weighted by Crippen LogP contribution is -2.24. The molecule has 1 aliphatic heterocycles. The Morgan fingerprint density at radius 1 is 1.40 bits per heavy atom. The smallest absolute Gasteiger partial charge is 0.358 e. The van der Waals surface area contributed by atoms with Crippen LogP contribution in [-0.4, -0.2) is 40.2 Å². The van der Waals surface area contributed by atoms with Crippen molar-refractivity contribution in [2.45, 2.75) is 26.8 Å². The van der Waals surface area contributed by atoms with Crippen molar-refractivity contribution in [3.8, 4) is 0 Å². The number of aromatic nitrogens is 3. The number of anilines is 1. The van der Waals surface area contributed by atoms with E-state index in [-0.39, 0.29) is 5.97 Å². The van der Waals surface area contributed by atoms with Crippen molar-refractivity contribution in [1.82, 2.24) is 14.5 Å². The normalized spacial score (nSPS) is 21.3. The molecule has 2 aromatic rings. The molecule has 0 bridgehead atoms. The van der Waals surface area contributed by atoms with Crippen LogP contribution in [0.1, 0.15) is 35.1 Å². The number of carbonyl (C=O) groups is 1. The van der Waals surface area contributed by atoms with E-state index in [2.05, 4.69) is 31.9 Å². The second-order valence-electron chi connectivity index (χ2n) is 6.85. The molecule has 1 unspecified atom stereocenters. The lowest BCUT2D eigenvalue weighted by Gasteiger charge is -2.22. The molecular formula is C18H21BrN4O2. The molecule has 0 spiro atoms. The second-order valence-corrected chi connectivity index (χ2v) is 7.71. The fourth-order valence-corrected chi connectivity index (χ4v) is 4.13. The van der Waals surface area contributed by atoms with Gasteiger partial charge in [-0.2, -0.15) is 0 Å². The number of hydrogen-bond acceptors (Lipinski definition) is 5. The molecule has 3 heterocycles. The number of ether oxygens (including phenoxy) is 1. The van der Waals surface area contributed by atoms with Crippen molar-refractivity contribution in [2.24, 2.45) is 11.8 Å². The minimum atomic E-state index is -0.389. The molecule has 7 heteroatoms. The number of halogens is 1. The molecule has 25 heavy (non-hydrogen) atoms. The third-order valence-electron chi connectivity index (χ3n) is 5.00. The minimum Gasteiger partial charge on any atom is -0.461 e. The number of fused-ring (bicyclic) bond motifs is 1. The summed E-state index contributed by atoms with van der Waals surface area (Å²) in [4.78, 5) is 23.1. The summed E-state index contributed by atoms with van der Waals surface area (Å²) in [6.07, 6.45) is 4.75. The molecule has 4 rings (SSSR count). The van der Waals surface area contributed by atoms with Gasteiger partial charge in [-0.05, 0) is 59.7 Å². The van der Waals surface area contributed by atoms with Crippen LogP contribution in [0.25, 0.3) is 0 Å². The van der Waals surface area contributed by atoms with Crippen LogP contribution < -0.4 is 4.90 Å². The first-order chi connectivity index (χ1) is 12.0. The van der Waals surface area contributed by atoms with Gasteiger partial charge in [-0.15, -0.1) is 0 Å². The molecule has 1 saturated carbocycles. The fraction of sp³-hybridized carbons (Fsp3) is 0.500. The van der Waals surface area contributed by atoms with Gasteiger partial charge in [0.1, 0.15) is 5.82 Å². The Balaban J connectivity index is 1.51. The molecule has 2 atom stereocenters. The van der Waals surface area contributed by atoms with Crippen molar-refractivity contribution < 1.29 is 9.53 Å². The van der Waals surface area contributed by atoms with E-state index in [9.17, 15) is 4.79 Å². The largest absolute Gasteiger partial charge is 0.461 e. The Morgan fingerprint density at radius 2 is 2.16 bits per heavy atom. The van der Waals surface area contributed by atoms with Crippen LogP contribution in [0.2, 0.25) is 0 Å². The number of esters is 1. The van der Waals surface area contributed by atoms with Crippen molar-refractivity contribution in [3.63, 3.8) is 0 Å². The number of piperidine rings is 1. The van der Waals surface area contributed by atoms with E-state index >= 15 is 0 Å². The number of hydrogen-bond donors (Lipinski definition) is 0. The van der Waals surface area contributed by atoms with Gasteiger partial charge in [0.2, 0.25) is 0 Å². The number of aryl methyl sites for hydroxylation is 1. The summed E-state index contributed by atoms with van der Waals surface area (Å²) >= 11 is 3.69. The molecule has 1 aliphatic carbocycles. The van der Waals surface area contributed by atoms with Crippen LogP contribution in [0.3, 0.4) is 0 Å². The average Bonchev–Trinajstić information content (AvgIpc) is 2.98. The molecule has 2 aliphatic rings. The van der Waals surface area contributed by atoms with Gasteiger partial charge in [0.05, 0.1) is 24.0 Å². The first kappa shape index (κ1) is 16.6. The molecule has 0 aromatic carbocycles. The predicted molar refractivity (Wildman–Crippen MR) is 97.8 cm³/mol. The van der Waals surface area contributed by atoms with E-state index in [4.69, 9.17) is 9.72 Å². The molecular weight excluding hydrogens is 384 g/mol. The Labute approximate surface area is 155 Å². The zero-order chi connectivity index (χ0) is 17.6. The standard InChI is InChI=1S/C18H21BrN4O2/c1-3-25-18(24)16-9-22(10-20-16)6-12-5-15(19)17(21-11(12)2)23-7-13-4-14(13)8-23/h5,9-10,13-14H,3-4,6-8H2,1-2H3/t13-,14?/m0/s1. The molecule has 6 nitrogen and oxygen atoms in total. The van der Waals surface area contributed by atoms with Crippen molar-refractivity contribution in [1.29, 1.82) is 0 Å². The van der Waals surface area contributed by atoms with Gasteiger partial charge in [-0.3, -0.25) is 0 Å². The highest BCUT2D eigenvalue weighted by molar-refractivity contribution is 9.10. The maximum absolute atomic E-state index is 11.7. The highest BCUT2D eigenvalue weighted by atomic mass is 79.9. The van der Waals surface area contributed by atoms with E-state index in [0.29, 0.717) is 18.8 Å². The number of carbonyl (C=O) groups excluding carboxylic acids is 1. The summed E-state index contributed by atoms with van der Waals surface area (Å²) in [5, 5.41) is 0. The Hall–Kier alpha value is -1.89. The maximum Gasteiger partial charge on any atom is 0.358 e. The van der Waals surface area contributed by atoms with Crippen LogP contribution in [0.15, 0.2) is 23.1 Å². The minimum absolute atomic E-state index is 0.333. The van der Waals surface area contributed by atoms with E-state index in [0.717, 1.165) is 46.5 Å². The Bertz CT molecular complexity index is 809. The third kappa shape index (κ3) is 3.29. The summed E-state index contributed by atoms with van der Waals surface area (Å²) in [5.74, 6) is 2.41. The first-order valence-corrected chi connectivity index (χ1v) is 9.44. The predicted octanol–water partition coefficient (Wildman–Crippen LogP) is 3.03. The fourth-order valence-electron chi connectivity index (χ4n) is 3.51. The van der Waals surface area contributed by atoms with Gasteiger partial charge in [0, 0.05) is 25.0 Å². The van der Waals surface area contributed by atoms with Crippen LogP contribution in [0.4, 0.5) is 5.82 Å². The van der Waals surface area contributed by atoms with Gasteiger partial charge in [0.15, 0.2) is 5.69 Å². The van der Waals surface area contributed by atoms with E-state index < -0.39 is 0 Å². The van der Waals surface area contributed by atoms with Gasteiger partial charge >= 0.3 is 5.97 Å². The number of nitrogens with zero attached hydrogens (tertiary/aromatic N) is 4. The summed E-state index contributed by atoms with van der Waals surface area (Å²) in [7, 11) is 0. The first-order valence-electron chi connectivity index (χ1n) is 8.65. The number of imidazole rings is 1. The summed E-state index contributed by atoms with van der Waals surface area (Å²) in [6.45, 7) is 7.04. The number of pyridine rings is 1. The highest BCUT2D eigenvalue weighted by Gasteiger charge is 2.45. The lowest BCUT2D eigenvalue weighted by atomic mass is 10.2. The van der Waals surface area contributed by atoms with Crippen LogP contribution in [0.5, 0.6) is 0 Å². The molecule has 0 radical (unpaired) electrons. The van der Waals surface area contributed by atoms with Crippen LogP contribution in [-0.2, 0) is 11.3 Å². The molecule has 132 valence electrons. The van der Waals surface area contributed by atoms with E-state index in [1.165, 1.54) is 6.42 Å².